The number of aliphatic hydroxyl groups excluding tert-OH is 1. The predicted octanol–water partition coefficient (Wildman–Crippen LogP) is 7.23. The van der Waals surface area contributed by atoms with Crippen LogP contribution in [-0.2, 0) is 13.0 Å². The molecule has 2 N–H and O–H groups in total. The number of nitrogens with zero attached hydrogens (tertiary/aromatic N) is 1. The van der Waals surface area contributed by atoms with E-state index in [-0.39, 0.29) is 18.1 Å². The molecule has 38 heavy (non-hydrogen) atoms. The SMILES string of the molecule is CC(C)=CCCC(C)=CCC[C@]1(C)Oc2c(c(O)cc3c2CN(c2cccc4ccccc24)C3=O)C[C@@H]1O. The normalized spacial score (nSPS) is 20.8. The molecule has 0 unspecified atom stereocenters. The molecule has 198 valence electrons. The number of fused-ring (bicyclic) bond motifs is 4. The van der Waals surface area contributed by atoms with Crippen molar-refractivity contribution in [1.82, 2.24) is 0 Å². The lowest BCUT2D eigenvalue weighted by Gasteiger charge is -2.40. The number of aromatic hydroxyl groups is 1. The van der Waals surface area contributed by atoms with Crippen LogP contribution >= 0.6 is 0 Å². The third kappa shape index (κ3) is 4.83. The van der Waals surface area contributed by atoms with Gasteiger partial charge in [0.2, 0.25) is 0 Å². The molecule has 2 atom stereocenters. The maximum absolute atomic E-state index is 13.6. The molecule has 5 nitrogen and oxygen atoms in total. The molecule has 0 aliphatic carbocycles. The van der Waals surface area contributed by atoms with Gasteiger partial charge in [-0.05, 0) is 70.9 Å². The molecule has 5 heteroatoms. The monoisotopic (exact) mass is 511 g/mol. The lowest BCUT2D eigenvalue weighted by molar-refractivity contribution is -0.0597. The minimum absolute atomic E-state index is 0.00276. The van der Waals surface area contributed by atoms with Gasteiger partial charge in [0.15, 0.2) is 0 Å². The zero-order chi connectivity index (χ0) is 27.0. The summed E-state index contributed by atoms with van der Waals surface area (Å²) in [5, 5.41) is 24.0. The molecule has 5 rings (SSSR count). The minimum Gasteiger partial charge on any atom is -0.508 e. The number of rotatable bonds is 7. The van der Waals surface area contributed by atoms with E-state index in [0.29, 0.717) is 29.8 Å². The second-order valence-electron chi connectivity index (χ2n) is 11.2. The van der Waals surface area contributed by atoms with E-state index >= 15 is 0 Å². The van der Waals surface area contributed by atoms with Gasteiger partial charge in [0.1, 0.15) is 17.1 Å². The van der Waals surface area contributed by atoms with Crippen LogP contribution in [0.4, 0.5) is 5.69 Å². The summed E-state index contributed by atoms with van der Waals surface area (Å²) in [6.45, 7) is 8.67. The Hall–Kier alpha value is -3.57. The molecule has 2 aliphatic rings. The molecule has 0 bridgehead atoms. The highest BCUT2D eigenvalue weighted by Gasteiger charge is 2.44. The van der Waals surface area contributed by atoms with Crippen LogP contribution in [0.1, 0.15) is 74.9 Å². The lowest BCUT2D eigenvalue weighted by Crippen LogP contribution is -2.49. The Morgan fingerprint density at radius 3 is 2.63 bits per heavy atom. The number of carbonyl (C=O) groups is 1. The summed E-state index contributed by atoms with van der Waals surface area (Å²) in [6, 6.07) is 15.5. The number of benzene rings is 3. The zero-order valence-corrected chi connectivity index (χ0v) is 22.8. The van der Waals surface area contributed by atoms with Crippen LogP contribution in [0, 0.1) is 0 Å². The van der Waals surface area contributed by atoms with E-state index in [2.05, 4.69) is 32.9 Å². The Morgan fingerprint density at radius 1 is 1.08 bits per heavy atom. The highest BCUT2D eigenvalue weighted by atomic mass is 16.5. The van der Waals surface area contributed by atoms with Crippen LogP contribution in [0.5, 0.6) is 11.5 Å². The molecule has 0 saturated heterocycles. The van der Waals surface area contributed by atoms with Crippen molar-refractivity contribution in [2.24, 2.45) is 0 Å². The molecular weight excluding hydrogens is 474 g/mol. The number of anilines is 1. The summed E-state index contributed by atoms with van der Waals surface area (Å²) in [6.07, 6.45) is 7.47. The molecule has 0 saturated carbocycles. The Bertz CT molecular complexity index is 1440. The first-order valence-electron chi connectivity index (χ1n) is 13.5. The van der Waals surface area contributed by atoms with Gasteiger partial charge < -0.3 is 19.8 Å². The Labute approximate surface area is 225 Å². The van der Waals surface area contributed by atoms with Gasteiger partial charge in [-0.2, -0.15) is 0 Å². The third-order valence-corrected chi connectivity index (χ3v) is 7.98. The average Bonchev–Trinajstić information content (AvgIpc) is 3.20. The van der Waals surface area contributed by atoms with Gasteiger partial charge in [-0.25, -0.2) is 0 Å². The number of amides is 1. The number of carbonyl (C=O) groups excluding carboxylic acids is 1. The highest BCUT2D eigenvalue weighted by molar-refractivity contribution is 6.14. The van der Waals surface area contributed by atoms with E-state index in [1.165, 1.54) is 11.1 Å². The van der Waals surface area contributed by atoms with Crippen molar-refractivity contribution >= 4 is 22.4 Å². The first kappa shape index (κ1) is 26.1. The van der Waals surface area contributed by atoms with Crippen LogP contribution in [0.2, 0.25) is 0 Å². The first-order valence-corrected chi connectivity index (χ1v) is 13.5. The molecule has 0 aromatic heterocycles. The minimum atomic E-state index is -0.818. The fraction of sp³-hybridized carbons (Fsp3) is 0.364. The number of hydrogen-bond donors (Lipinski definition) is 2. The van der Waals surface area contributed by atoms with Gasteiger partial charge in [0, 0.05) is 22.9 Å². The van der Waals surface area contributed by atoms with Gasteiger partial charge in [-0.1, -0.05) is 59.7 Å². The Morgan fingerprint density at radius 2 is 1.84 bits per heavy atom. The van der Waals surface area contributed by atoms with Crippen molar-refractivity contribution in [2.45, 2.75) is 78.0 Å². The third-order valence-electron chi connectivity index (χ3n) is 7.98. The van der Waals surface area contributed by atoms with Gasteiger partial charge in [-0.15, -0.1) is 0 Å². The van der Waals surface area contributed by atoms with Gasteiger partial charge in [0.25, 0.3) is 5.91 Å². The second-order valence-corrected chi connectivity index (χ2v) is 11.2. The number of phenols is 1. The van der Waals surface area contributed by atoms with Crippen molar-refractivity contribution in [3.05, 3.63) is 88.5 Å². The van der Waals surface area contributed by atoms with E-state index in [9.17, 15) is 15.0 Å². The molecule has 0 radical (unpaired) electrons. The number of hydrogen-bond acceptors (Lipinski definition) is 4. The maximum Gasteiger partial charge on any atom is 0.259 e. The number of allylic oxidation sites excluding steroid dienone is 4. The molecule has 1 amide bonds. The molecule has 2 aliphatic heterocycles. The van der Waals surface area contributed by atoms with Gasteiger partial charge in [-0.3, -0.25) is 4.79 Å². The van der Waals surface area contributed by atoms with Crippen LogP contribution in [-0.4, -0.2) is 27.8 Å². The topological polar surface area (TPSA) is 70.0 Å². The summed E-state index contributed by atoms with van der Waals surface area (Å²) in [7, 11) is 0. The van der Waals surface area contributed by atoms with Crippen LogP contribution < -0.4 is 9.64 Å². The zero-order valence-electron chi connectivity index (χ0n) is 22.8. The summed E-state index contributed by atoms with van der Waals surface area (Å²) in [4.78, 5) is 15.3. The molecular formula is C33H37NO4. The Kier molecular flexibility index (Phi) is 7.06. The van der Waals surface area contributed by atoms with Crippen molar-refractivity contribution in [2.75, 3.05) is 4.90 Å². The molecule has 3 aromatic carbocycles. The number of aliphatic hydroxyl groups is 1. The van der Waals surface area contributed by atoms with Crippen molar-refractivity contribution in [3.8, 4) is 11.5 Å². The summed E-state index contributed by atoms with van der Waals surface area (Å²) < 4.78 is 6.54. The first-order chi connectivity index (χ1) is 18.2. The smallest absolute Gasteiger partial charge is 0.259 e. The molecule has 3 aromatic rings. The largest absolute Gasteiger partial charge is 0.508 e. The van der Waals surface area contributed by atoms with E-state index in [0.717, 1.165) is 41.3 Å². The summed E-state index contributed by atoms with van der Waals surface area (Å²) in [5.74, 6) is 0.400. The summed E-state index contributed by atoms with van der Waals surface area (Å²) in [5.41, 5.74) is 4.49. The van der Waals surface area contributed by atoms with E-state index in [1.54, 1.807) is 11.0 Å². The Balaban J connectivity index is 1.41. The predicted molar refractivity (Wildman–Crippen MR) is 153 cm³/mol. The van der Waals surface area contributed by atoms with E-state index < -0.39 is 11.7 Å². The van der Waals surface area contributed by atoms with Crippen LogP contribution in [0.3, 0.4) is 0 Å². The summed E-state index contributed by atoms with van der Waals surface area (Å²) >= 11 is 0. The maximum atomic E-state index is 13.6. The van der Waals surface area contributed by atoms with Crippen molar-refractivity contribution in [1.29, 1.82) is 0 Å². The van der Waals surface area contributed by atoms with Crippen molar-refractivity contribution < 1.29 is 19.7 Å². The van der Waals surface area contributed by atoms with Crippen LogP contribution in [0.15, 0.2) is 71.8 Å². The number of phenolic OH excluding ortho intramolecular Hbond substituents is 1. The van der Waals surface area contributed by atoms with Crippen molar-refractivity contribution in [3.63, 3.8) is 0 Å². The number of ether oxygens (including phenoxy) is 1. The molecule has 0 fully saturated rings. The van der Waals surface area contributed by atoms with E-state index in [1.807, 2.05) is 49.4 Å². The quantitative estimate of drug-likeness (QED) is 0.328. The lowest BCUT2D eigenvalue weighted by atomic mass is 9.84. The van der Waals surface area contributed by atoms with Gasteiger partial charge in [0.05, 0.1) is 23.9 Å². The van der Waals surface area contributed by atoms with Gasteiger partial charge >= 0.3 is 0 Å². The fourth-order valence-corrected chi connectivity index (χ4v) is 5.64. The highest BCUT2D eigenvalue weighted by Crippen LogP contribution is 2.47. The fourth-order valence-electron chi connectivity index (χ4n) is 5.64. The average molecular weight is 512 g/mol. The van der Waals surface area contributed by atoms with Crippen LogP contribution in [0.25, 0.3) is 10.8 Å². The molecule has 2 heterocycles. The molecule has 0 spiro atoms. The standard InChI is InChI=1S/C33H37NO4/c1-21(2)10-7-11-22(3)12-9-17-33(4)30(36)19-26-29(35)18-25-27(31(26)38-33)20-34(32(25)37)28-16-8-14-23-13-5-6-15-24(23)28/h5-6,8,10,12-16,18,30,35-36H,7,9,11,17,19-20H2,1-4H3/t30-,33-/m0/s1. The second kappa shape index (κ2) is 10.3. The van der Waals surface area contributed by atoms with E-state index in [4.69, 9.17) is 4.74 Å².